The molecule has 3 aromatic rings. The van der Waals surface area contributed by atoms with Crippen molar-refractivity contribution in [2.24, 2.45) is 0 Å². The molecule has 0 saturated carbocycles. The lowest BCUT2D eigenvalue weighted by Crippen LogP contribution is -2.47. The van der Waals surface area contributed by atoms with Crippen molar-refractivity contribution in [1.29, 1.82) is 0 Å². The van der Waals surface area contributed by atoms with Crippen LogP contribution >= 0.6 is 0 Å². The Morgan fingerprint density at radius 2 is 1.67 bits per heavy atom. The number of anilines is 2. The molecule has 0 radical (unpaired) electrons. The Morgan fingerprint density at radius 1 is 0.833 bits per heavy atom. The van der Waals surface area contributed by atoms with E-state index in [-0.39, 0.29) is 0 Å². The molecule has 4 rings (SSSR count). The zero-order chi connectivity index (χ0) is 16.4. The van der Waals surface area contributed by atoms with Gasteiger partial charge in [-0.1, -0.05) is 6.07 Å². The topological polar surface area (TPSA) is 63.0 Å². The normalized spacial score (nSPS) is 14.9. The standard InChI is InChI=1S/C17H19N7/c1-14-6-9-24(21-14)16-5-8-19-17(20-16)23-12-10-22(11-13-23)15-4-2-3-7-18-15/h2-9H,10-13H2,1H3. The molecule has 7 heteroatoms. The fourth-order valence-corrected chi connectivity index (χ4v) is 2.84. The first-order valence-corrected chi connectivity index (χ1v) is 8.06. The number of nitrogens with zero attached hydrogens (tertiary/aromatic N) is 7. The monoisotopic (exact) mass is 321 g/mol. The highest BCUT2D eigenvalue weighted by molar-refractivity contribution is 5.42. The van der Waals surface area contributed by atoms with Gasteiger partial charge in [0.25, 0.3) is 0 Å². The van der Waals surface area contributed by atoms with Gasteiger partial charge in [-0.2, -0.15) is 10.1 Å². The molecular formula is C17H19N7. The van der Waals surface area contributed by atoms with Crippen LogP contribution in [0.5, 0.6) is 0 Å². The summed E-state index contributed by atoms with van der Waals surface area (Å²) in [7, 11) is 0. The zero-order valence-corrected chi connectivity index (χ0v) is 13.6. The van der Waals surface area contributed by atoms with E-state index in [4.69, 9.17) is 0 Å². The summed E-state index contributed by atoms with van der Waals surface area (Å²) in [5.41, 5.74) is 0.971. The molecule has 7 nitrogen and oxygen atoms in total. The third kappa shape index (κ3) is 2.92. The largest absolute Gasteiger partial charge is 0.353 e. The van der Waals surface area contributed by atoms with Crippen LogP contribution in [0.2, 0.25) is 0 Å². The first-order valence-electron chi connectivity index (χ1n) is 8.06. The van der Waals surface area contributed by atoms with E-state index in [1.165, 1.54) is 0 Å². The van der Waals surface area contributed by atoms with Gasteiger partial charge in [-0.15, -0.1) is 0 Å². The first-order chi connectivity index (χ1) is 11.8. The minimum atomic E-state index is 0.751. The third-order valence-electron chi connectivity index (χ3n) is 4.12. The van der Waals surface area contributed by atoms with Crippen LogP contribution in [-0.4, -0.2) is 50.9 Å². The molecule has 24 heavy (non-hydrogen) atoms. The molecule has 3 aromatic heterocycles. The molecule has 0 atom stereocenters. The molecule has 0 aliphatic carbocycles. The van der Waals surface area contributed by atoms with Crippen molar-refractivity contribution in [3.05, 3.63) is 54.6 Å². The van der Waals surface area contributed by atoms with E-state index >= 15 is 0 Å². The molecular weight excluding hydrogens is 302 g/mol. The lowest BCUT2D eigenvalue weighted by Gasteiger charge is -2.35. The van der Waals surface area contributed by atoms with Crippen molar-refractivity contribution in [1.82, 2.24) is 24.7 Å². The Kier molecular flexibility index (Phi) is 3.82. The van der Waals surface area contributed by atoms with Gasteiger partial charge < -0.3 is 9.80 Å². The van der Waals surface area contributed by atoms with Crippen LogP contribution in [0.4, 0.5) is 11.8 Å². The van der Waals surface area contributed by atoms with E-state index in [1.807, 2.05) is 49.6 Å². The molecule has 0 spiro atoms. The maximum Gasteiger partial charge on any atom is 0.227 e. The maximum absolute atomic E-state index is 4.66. The number of hydrogen-bond acceptors (Lipinski definition) is 6. The Labute approximate surface area is 140 Å². The van der Waals surface area contributed by atoms with E-state index in [0.29, 0.717) is 0 Å². The summed E-state index contributed by atoms with van der Waals surface area (Å²) >= 11 is 0. The highest BCUT2D eigenvalue weighted by Crippen LogP contribution is 2.16. The molecule has 4 heterocycles. The van der Waals surface area contributed by atoms with Crippen molar-refractivity contribution in [2.45, 2.75) is 6.92 Å². The van der Waals surface area contributed by atoms with Crippen molar-refractivity contribution >= 4 is 11.8 Å². The Morgan fingerprint density at radius 3 is 2.38 bits per heavy atom. The van der Waals surface area contributed by atoms with Gasteiger partial charge in [-0.05, 0) is 25.1 Å². The molecule has 0 amide bonds. The van der Waals surface area contributed by atoms with E-state index < -0.39 is 0 Å². The fourth-order valence-electron chi connectivity index (χ4n) is 2.84. The third-order valence-corrected chi connectivity index (χ3v) is 4.12. The second kappa shape index (κ2) is 6.27. The number of aryl methyl sites for hydroxylation is 1. The summed E-state index contributed by atoms with van der Waals surface area (Å²) in [6.45, 7) is 5.53. The number of aromatic nitrogens is 5. The summed E-state index contributed by atoms with van der Waals surface area (Å²) in [6, 6.07) is 9.85. The van der Waals surface area contributed by atoms with Crippen LogP contribution in [0.15, 0.2) is 48.9 Å². The van der Waals surface area contributed by atoms with E-state index in [2.05, 4.69) is 29.9 Å². The van der Waals surface area contributed by atoms with Crippen LogP contribution in [0.3, 0.4) is 0 Å². The molecule has 0 unspecified atom stereocenters. The predicted molar refractivity (Wildman–Crippen MR) is 92.6 cm³/mol. The molecule has 0 N–H and O–H groups in total. The maximum atomic E-state index is 4.66. The second-order valence-electron chi connectivity index (χ2n) is 5.78. The summed E-state index contributed by atoms with van der Waals surface area (Å²) in [6.07, 6.45) is 5.54. The van der Waals surface area contributed by atoms with Crippen molar-refractivity contribution in [2.75, 3.05) is 36.0 Å². The number of pyridine rings is 1. The molecule has 122 valence electrons. The van der Waals surface area contributed by atoms with Crippen molar-refractivity contribution < 1.29 is 0 Å². The Balaban J connectivity index is 1.48. The molecule has 0 aromatic carbocycles. The van der Waals surface area contributed by atoms with Gasteiger partial charge in [0, 0.05) is 50.8 Å². The molecule has 1 saturated heterocycles. The van der Waals surface area contributed by atoms with Crippen molar-refractivity contribution in [3.63, 3.8) is 0 Å². The van der Waals surface area contributed by atoms with Crippen LogP contribution in [0, 0.1) is 6.92 Å². The van der Waals surface area contributed by atoms with Crippen LogP contribution in [0.1, 0.15) is 5.69 Å². The molecule has 1 fully saturated rings. The minimum Gasteiger partial charge on any atom is -0.353 e. The lowest BCUT2D eigenvalue weighted by atomic mass is 10.3. The molecule has 1 aliphatic heterocycles. The number of hydrogen-bond donors (Lipinski definition) is 0. The van der Waals surface area contributed by atoms with Gasteiger partial charge in [0.05, 0.1) is 5.69 Å². The highest BCUT2D eigenvalue weighted by atomic mass is 15.4. The van der Waals surface area contributed by atoms with Crippen molar-refractivity contribution in [3.8, 4) is 5.82 Å². The summed E-state index contributed by atoms with van der Waals surface area (Å²) in [4.78, 5) is 18.0. The zero-order valence-electron chi connectivity index (χ0n) is 13.6. The molecule has 1 aliphatic rings. The van der Waals surface area contributed by atoms with Crippen LogP contribution in [-0.2, 0) is 0 Å². The predicted octanol–water partition coefficient (Wildman–Crippen LogP) is 1.69. The van der Waals surface area contributed by atoms with Crippen LogP contribution in [0.25, 0.3) is 5.82 Å². The summed E-state index contributed by atoms with van der Waals surface area (Å²) < 4.78 is 1.78. The SMILES string of the molecule is Cc1ccn(-c2ccnc(N3CCN(c4ccccn4)CC3)n2)n1. The van der Waals surface area contributed by atoms with E-state index in [1.54, 1.807) is 10.9 Å². The van der Waals surface area contributed by atoms with Crippen LogP contribution < -0.4 is 9.80 Å². The minimum absolute atomic E-state index is 0.751. The average molecular weight is 321 g/mol. The van der Waals surface area contributed by atoms with Gasteiger partial charge in [0.1, 0.15) is 5.82 Å². The highest BCUT2D eigenvalue weighted by Gasteiger charge is 2.20. The Bertz CT molecular complexity index is 807. The first kappa shape index (κ1) is 14.6. The average Bonchev–Trinajstić information content (AvgIpc) is 3.09. The van der Waals surface area contributed by atoms with Gasteiger partial charge in [0.2, 0.25) is 5.95 Å². The van der Waals surface area contributed by atoms with Gasteiger partial charge in [-0.25, -0.2) is 14.6 Å². The lowest BCUT2D eigenvalue weighted by molar-refractivity contribution is 0.633. The van der Waals surface area contributed by atoms with Gasteiger partial charge >= 0.3 is 0 Å². The van der Waals surface area contributed by atoms with E-state index in [9.17, 15) is 0 Å². The smallest absolute Gasteiger partial charge is 0.227 e. The fraction of sp³-hybridized carbons (Fsp3) is 0.294. The van der Waals surface area contributed by atoms with Gasteiger partial charge in [0.15, 0.2) is 5.82 Å². The Hall–Kier alpha value is -2.96. The quantitative estimate of drug-likeness (QED) is 0.731. The van der Waals surface area contributed by atoms with Gasteiger partial charge in [-0.3, -0.25) is 0 Å². The summed E-state index contributed by atoms with van der Waals surface area (Å²) in [5.74, 6) is 2.57. The summed E-state index contributed by atoms with van der Waals surface area (Å²) in [5, 5.41) is 4.41. The van der Waals surface area contributed by atoms with E-state index in [0.717, 1.165) is 49.5 Å². The second-order valence-corrected chi connectivity index (χ2v) is 5.78. The molecule has 0 bridgehead atoms. The number of rotatable bonds is 3. The number of piperazine rings is 1.